The first kappa shape index (κ1) is 14.9. The number of pyridine rings is 1. The van der Waals surface area contributed by atoms with Crippen molar-refractivity contribution in [3.63, 3.8) is 0 Å². The SMILES string of the molecule is CCCOc1ccc(C#Cc2ccc(N(C)C)cc2)cn1. The average Bonchev–Trinajstić information content (AvgIpc) is 2.52. The Balaban J connectivity index is 2.04. The molecule has 21 heavy (non-hydrogen) atoms. The normalized spacial score (nSPS) is 9.67. The van der Waals surface area contributed by atoms with E-state index in [9.17, 15) is 0 Å². The predicted octanol–water partition coefficient (Wildman–Crippen LogP) is 3.34. The third-order valence-corrected chi connectivity index (χ3v) is 2.93. The molecule has 0 aliphatic rings. The van der Waals surface area contributed by atoms with Crippen LogP contribution in [0.2, 0.25) is 0 Å². The summed E-state index contributed by atoms with van der Waals surface area (Å²) in [4.78, 5) is 6.30. The average molecular weight is 280 g/mol. The first-order chi connectivity index (χ1) is 10.2. The van der Waals surface area contributed by atoms with Gasteiger partial charge in [-0.15, -0.1) is 0 Å². The molecule has 0 atom stereocenters. The van der Waals surface area contributed by atoms with Gasteiger partial charge in [0.1, 0.15) is 0 Å². The van der Waals surface area contributed by atoms with Crippen LogP contribution < -0.4 is 9.64 Å². The van der Waals surface area contributed by atoms with Crippen molar-refractivity contribution in [1.82, 2.24) is 4.98 Å². The minimum absolute atomic E-state index is 0.651. The molecule has 0 amide bonds. The molecule has 3 nitrogen and oxygen atoms in total. The Morgan fingerprint density at radius 2 is 1.67 bits per heavy atom. The summed E-state index contributed by atoms with van der Waals surface area (Å²) in [6, 6.07) is 11.9. The smallest absolute Gasteiger partial charge is 0.213 e. The molecule has 2 rings (SSSR count). The van der Waals surface area contributed by atoms with Crippen molar-refractivity contribution in [2.24, 2.45) is 0 Å². The van der Waals surface area contributed by atoms with E-state index < -0.39 is 0 Å². The maximum Gasteiger partial charge on any atom is 0.213 e. The van der Waals surface area contributed by atoms with Gasteiger partial charge < -0.3 is 9.64 Å². The van der Waals surface area contributed by atoms with Crippen LogP contribution in [0.5, 0.6) is 5.88 Å². The zero-order valence-corrected chi connectivity index (χ0v) is 12.8. The second kappa shape index (κ2) is 7.35. The van der Waals surface area contributed by atoms with E-state index in [0.29, 0.717) is 12.5 Å². The molecule has 0 aliphatic carbocycles. The van der Waals surface area contributed by atoms with E-state index in [1.54, 1.807) is 6.20 Å². The van der Waals surface area contributed by atoms with Gasteiger partial charge in [0.15, 0.2) is 0 Å². The Bertz CT molecular complexity index is 619. The number of hydrogen-bond donors (Lipinski definition) is 0. The van der Waals surface area contributed by atoms with Crippen molar-refractivity contribution in [2.75, 3.05) is 25.6 Å². The van der Waals surface area contributed by atoms with Crippen LogP contribution in [-0.4, -0.2) is 25.7 Å². The van der Waals surface area contributed by atoms with Crippen molar-refractivity contribution in [3.8, 4) is 17.7 Å². The summed E-state index contributed by atoms with van der Waals surface area (Å²) < 4.78 is 5.44. The molecule has 1 aromatic heterocycles. The van der Waals surface area contributed by atoms with E-state index in [1.807, 2.05) is 38.4 Å². The van der Waals surface area contributed by atoms with Gasteiger partial charge in [0.05, 0.1) is 6.61 Å². The fourth-order valence-corrected chi connectivity index (χ4v) is 1.73. The largest absolute Gasteiger partial charge is 0.478 e. The van der Waals surface area contributed by atoms with Gasteiger partial charge in [-0.3, -0.25) is 0 Å². The number of ether oxygens (including phenoxy) is 1. The fraction of sp³-hybridized carbons (Fsp3) is 0.278. The maximum atomic E-state index is 5.44. The van der Waals surface area contributed by atoms with Gasteiger partial charge >= 0.3 is 0 Å². The molecule has 0 bridgehead atoms. The van der Waals surface area contributed by atoms with Gasteiger partial charge in [0, 0.05) is 43.2 Å². The monoisotopic (exact) mass is 280 g/mol. The van der Waals surface area contributed by atoms with Gasteiger partial charge in [-0.25, -0.2) is 4.98 Å². The topological polar surface area (TPSA) is 25.4 Å². The second-order valence-corrected chi connectivity index (χ2v) is 4.92. The van der Waals surface area contributed by atoms with Crippen LogP contribution >= 0.6 is 0 Å². The summed E-state index contributed by atoms with van der Waals surface area (Å²) in [5, 5.41) is 0. The number of nitrogens with zero attached hydrogens (tertiary/aromatic N) is 2. The summed E-state index contributed by atoms with van der Waals surface area (Å²) >= 11 is 0. The molecule has 0 spiro atoms. The summed E-state index contributed by atoms with van der Waals surface area (Å²) in [7, 11) is 4.04. The van der Waals surface area contributed by atoms with Gasteiger partial charge in [-0.1, -0.05) is 18.8 Å². The third-order valence-electron chi connectivity index (χ3n) is 2.93. The van der Waals surface area contributed by atoms with Crippen LogP contribution in [0.3, 0.4) is 0 Å². The highest BCUT2D eigenvalue weighted by atomic mass is 16.5. The summed E-state index contributed by atoms with van der Waals surface area (Å²) in [5.74, 6) is 6.90. The molecule has 0 saturated carbocycles. The molecular formula is C18H20N2O. The van der Waals surface area contributed by atoms with E-state index in [-0.39, 0.29) is 0 Å². The lowest BCUT2D eigenvalue weighted by Gasteiger charge is -2.11. The summed E-state index contributed by atoms with van der Waals surface area (Å²) in [6.45, 7) is 2.76. The first-order valence-corrected chi connectivity index (χ1v) is 7.07. The van der Waals surface area contributed by atoms with E-state index in [4.69, 9.17) is 4.74 Å². The van der Waals surface area contributed by atoms with Gasteiger partial charge in [-0.2, -0.15) is 0 Å². The van der Waals surface area contributed by atoms with Gasteiger partial charge in [0.25, 0.3) is 0 Å². The van der Waals surface area contributed by atoms with Crippen LogP contribution in [0.25, 0.3) is 0 Å². The molecule has 0 radical (unpaired) electrons. The molecule has 0 N–H and O–H groups in total. The van der Waals surface area contributed by atoms with Crippen LogP contribution in [-0.2, 0) is 0 Å². The summed E-state index contributed by atoms with van der Waals surface area (Å²) in [5.41, 5.74) is 3.04. The van der Waals surface area contributed by atoms with Crippen molar-refractivity contribution in [2.45, 2.75) is 13.3 Å². The van der Waals surface area contributed by atoms with Crippen molar-refractivity contribution >= 4 is 5.69 Å². The molecule has 3 heteroatoms. The van der Waals surface area contributed by atoms with Crippen LogP contribution in [0.4, 0.5) is 5.69 Å². The zero-order chi connectivity index (χ0) is 15.1. The first-order valence-electron chi connectivity index (χ1n) is 7.07. The van der Waals surface area contributed by atoms with Gasteiger partial charge in [-0.05, 0) is 36.8 Å². The van der Waals surface area contributed by atoms with Crippen LogP contribution in [0.15, 0.2) is 42.6 Å². The van der Waals surface area contributed by atoms with Crippen molar-refractivity contribution in [1.29, 1.82) is 0 Å². The lowest BCUT2D eigenvalue weighted by molar-refractivity contribution is 0.305. The zero-order valence-electron chi connectivity index (χ0n) is 12.8. The van der Waals surface area contributed by atoms with E-state index in [2.05, 4.69) is 40.8 Å². The molecule has 0 aliphatic heterocycles. The van der Waals surface area contributed by atoms with Crippen LogP contribution in [0.1, 0.15) is 24.5 Å². The number of rotatable bonds is 4. The van der Waals surface area contributed by atoms with Crippen molar-refractivity contribution in [3.05, 3.63) is 53.7 Å². The number of benzene rings is 1. The molecular weight excluding hydrogens is 260 g/mol. The van der Waals surface area contributed by atoms with E-state index in [1.165, 1.54) is 5.69 Å². The Morgan fingerprint density at radius 1 is 1.00 bits per heavy atom. The maximum absolute atomic E-state index is 5.44. The minimum atomic E-state index is 0.651. The van der Waals surface area contributed by atoms with Crippen molar-refractivity contribution < 1.29 is 4.74 Å². The molecule has 0 unspecified atom stereocenters. The summed E-state index contributed by atoms with van der Waals surface area (Å²) in [6.07, 6.45) is 2.72. The highest BCUT2D eigenvalue weighted by Gasteiger charge is 1.95. The molecule has 108 valence electrons. The van der Waals surface area contributed by atoms with Crippen LogP contribution in [0, 0.1) is 11.8 Å². The molecule has 0 saturated heterocycles. The Hall–Kier alpha value is -2.47. The van der Waals surface area contributed by atoms with Gasteiger partial charge in [0.2, 0.25) is 5.88 Å². The highest BCUT2D eigenvalue weighted by molar-refractivity contribution is 5.50. The Morgan fingerprint density at radius 3 is 2.24 bits per heavy atom. The Labute approximate surface area is 126 Å². The lowest BCUT2D eigenvalue weighted by Crippen LogP contribution is -2.07. The predicted molar refractivity (Wildman–Crippen MR) is 86.8 cm³/mol. The molecule has 1 heterocycles. The fourth-order valence-electron chi connectivity index (χ4n) is 1.73. The lowest BCUT2D eigenvalue weighted by atomic mass is 10.2. The Kier molecular flexibility index (Phi) is 5.22. The molecule has 2 aromatic rings. The highest BCUT2D eigenvalue weighted by Crippen LogP contribution is 2.12. The standard InChI is InChI=1S/C18H20N2O/c1-4-13-21-18-12-9-16(14-19-18)6-5-15-7-10-17(11-8-15)20(2)3/h7-12,14H,4,13H2,1-3H3. The van der Waals surface area contributed by atoms with E-state index >= 15 is 0 Å². The quantitative estimate of drug-likeness (QED) is 0.803. The number of aromatic nitrogens is 1. The van der Waals surface area contributed by atoms with E-state index in [0.717, 1.165) is 17.5 Å². The number of hydrogen-bond acceptors (Lipinski definition) is 3. The number of anilines is 1. The molecule has 0 fully saturated rings. The minimum Gasteiger partial charge on any atom is -0.478 e. The molecule has 1 aromatic carbocycles. The third kappa shape index (κ3) is 4.54. The second-order valence-electron chi connectivity index (χ2n) is 4.92.